The molecule has 5 rings (SSSR count). The summed E-state index contributed by atoms with van der Waals surface area (Å²) in [4.78, 5) is 14.9. The molecule has 5 aromatic rings. The molecule has 0 bridgehead atoms. The average molecular weight is 695 g/mol. The fourth-order valence-electron chi connectivity index (χ4n) is 4.07. The molecule has 0 aliphatic rings. The van der Waals surface area contributed by atoms with Crippen LogP contribution in [0, 0.1) is 6.07 Å². The molecule has 1 N–H and O–H groups in total. The molecule has 0 saturated carbocycles. The number of aromatic nitrogens is 1. The Kier molecular flexibility index (Phi) is 9.80. The van der Waals surface area contributed by atoms with Gasteiger partial charge in [0.2, 0.25) is 0 Å². The van der Waals surface area contributed by atoms with Crippen molar-refractivity contribution in [2.75, 3.05) is 0 Å². The van der Waals surface area contributed by atoms with Gasteiger partial charge in [-0.1, -0.05) is 81.4 Å². The van der Waals surface area contributed by atoms with Crippen molar-refractivity contribution in [3.63, 3.8) is 0 Å². The predicted molar refractivity (Wildman–Crippen MR) is 155 cm³/mol. The second-order valence-corrected chi connectivity index (χ2v) is 10.3. The van der Waals surface area contributed by atoms with E-state index in [9.17, 15) is 4.79 Å². The van der Waals surface area contributed by atoms with Gasteiger partial charge in [0, 0.05) is 37.8 Å². The van der Waals surface area contributed by atoms with Crippen molar-refractivity contribution < 1.29 is 34.4 Å². The smallest absolute Gasteiger partial charge is 0.155 e. The number of aliphatic hydroxyl groups excluding tert-OH is 1. The minimum Gasteiger partial charge on any atom is -0.512 e. The number of hydrogen-bond acceptors (Lipinski definition) is 4. The molecule has 201 valence electrons. The summed E-state index contributed by atoms with van der Waals surface area (Å²) in [5, 5.41) is 8.36. The van der Waals surface area contributed by atoms with E-state index in [0.717, 1.165) is 39.2 Å². The van der Waals surface area contributed by atoms with Gasteiger partial charge in [-0.05, 0) is 42.1 Å². The number of rotatable bonds is 4. The fraction of sp³-hybridized carbons (Fsp3) is 0.176. The zero-order chi connectivity index (χ0) is 27.3. The van der Waals surface area contributed by atoms with Crippen molar-refractivity contribution in [2.45, 2.75) is 40.0 Å². The average Bonchev–Trinajstić information content (AvgIpc) is 3.32. The molecule has 0 aliphatic carbocycles. The standard InChI is InChI=1S/C29H24NO.C5H8O2.Ir/c1-29(2,3)24-14-12-21(13-15-24)28-19-26-27(31-28)17-16-25(30-26)23-11-7-10-22(18-23)20-8-5-4-6-9-20;1-4(6)3-5(2)7;/h4-10,12-19H,1-3H3;3,6H,1-2H3;/q-1;;/b;4-3-;. The molecular formula is C34H32IrNO3-. The topological polar surface area (TPSA) is 63.3 Å². The number of hydrogen-bond donors (Lipinski definition) is 1. The van der Waals surface area contributed by atoms with Crippen LogP contribution in [-0.4, -0.2) is 15.9 Å². The molecule has 2 aromatic heterocycles. The van der Waals surface area contributed by atoms with Crippen LogP contribution in [0.15, 0.2) is 107 Å². The van der Waals surface area contributed by atoms with E-state index in [2.05, 4.69) is 87.5 Å². The molecule has 5 heteroatoms. The third kappa shape index (κ3) is 7.86. The van der Waals surface area contributed by atoms with Crippen LogP contribution in [0.25, 0.3) is 44.8 Å². The van der Waals surface area contributed by atoms with Crippen LogP contribution in [0.4, 0.5) is 0 Å². The van der Waals surface area contributed by atoms with Gasteiger partial charge in [-0.2, -0.15) is 0 Å². The Hall–Kier alpha value is -3.79. The minimum atomic E-state index is -0.125. The van der Waals surface area contributed by atoms with Crippen molar-refractivity contribution in [3.05, 3.63) is 114 Å². The third-order valence-corrected chi connectivity index (χ3v) is 6.01. The number of ketones is 1. The van der Waals surface area contributed by atoms with E-state index in [1.165, 1.54) is 31.1 Å². The van der Waals surface area contributed by atoms with Crippen LogP contribution in [0.2, 0.25) is 0 Å². The first-order valence-electron chi connectivity index (χ1n) is 12.6. The minimum absolute atomic E-state index is 0. The second kappa shape index (κ2) is 12.8. The number of carbonyl (C=O) groups excluding carboxylic acids is 1. The van der Waals surface area contributed by atoms with E-state index in [4.69, 9.17) is 14.5 Å². The molecular weight excluding hydrogens is 663 g/mol. The van der Waals surface area contributed by atoms with Crippen LogP contribution in [0.3, 0.4) is 0 Å². The summed E-state index contributed by atoms with van der Waals surface area (Å²) in [6.45, 7) is 9.51. The van der Waals surface area contributed by atoms with Crippen molar-refractivity contribution >= 4 is 16.9 Å². The number of fused-ring (bicyclic) bond motifs is 1. The zero-order valence-corrected chi connectivity index (χ0v) is 25.2. The first-order valence-corrected chi connectivity index (χ1v) is 12.6. The Labute approximate surface area is 243 Å². The molecule has 3 aromatic carbocycles. The quantitative estimate of drug-likeness (QED) is 0.116. The van der Waals surface area contributed by atoms with Gasteiger partial charge < -0.3 is 9.52 Å². The van der Waals surface area contributed by atoms with Crippen molar-refractivity contribution in [1.29, 1.82) is 0 Å². The number of pyridine rings is 1. The summed E-state index contributed by atoms with van der Waals surface area (Å²) in [5.74, 6) is 0.773. The third-order valence-electron chi connectivity index (χ3n) is 6.01. The van der Waals surface area contributed by atoms with E-state index in [1.807, 2.05) is 30.3 Å². The summed E-state index contributed by atoms with van der Waals surface area (Å²) in [6.07, 6.45) is 1.17. The summed E-state index contributed by atoms with van der Waals surface area (Å²) < 4.78 is 6.09. The van der Waals surface area contributed by atoms with Gasteiger partial charge in [0.05, 0.1) is 11.3 Å². The molecule has 4 nitrogen and oxygen atoms in total. The van der Waals surface area contributed by atoms with Gasteiger partial charge in [0.1, 0.15) is 5.76 Å². The summed E-state index contributed by atoms with van der Waals surface area (Å²) in [7, 11) is 0. The van der Waals surface area contributed by atoms with Gasteiger partial charge in [-0.15, -0.1) is 35.4 Å². The maximum Gasteiger partial charge on any atom is 0.155 e. The van der Waals surface area contributed by atoms with Crippen molar-refractivity contribution in [3.8, 4) is 33.7 Å². The largest absolute Gasteiger partial charge is 0.512 e. The summed E-state index contributed by atoms with van der Waals surface area (Å²) >= 11 is 0. The van der Waals surface area contributed by atoms with Crippen LogP contribution in [0.5, 0.6) is 0 Å². The normalized spacial score (nSPS) is 11.4. The molecule has 1 radical (unpaired) electrons. The Balaban J connectivity index is 0.000000468. The van der Waals surface area contributed by atoms with Gasteiger partial charge >= 0.3 is 0 Å². The molecule has 0 fully saturated rings. The first kappa shape index (κ1) is 29.8. The van der Waals surface area contributed by atoms with E-state index in [-0.39, 0.29) is 37.1 Å². The first-order chi connectivity index (χ1) is 18.1. The SMILES string of the molecule is CC(=O)/C=C(/C)O.CC(C)(C)c1ccc(-c2cc3nc(-c4[c-]ccc(-c5ccccc5)c4)ccc3o2)cc1.[Ir]. The van der Waals surface area contributed by atoms with Gasteiger partial charge in [-0.3, -0.25) is 9.78 Å². The van der Waals surface area contributed by atoms with Crippen LogP contribution >= 0.6 is 0 Å². The molecule has 0 atom stereocenters. The van der Waals surface area contributed by atoms with Gasteiger partial charge in [-0.25, -0.2) is 0 Å². The van der Waals surface area contributed by atoms with Gasteiger partial charge in [0.25, 0.3) is 0 Å². The van der Waals surface area contributed by atoms with Crippen LogP contribution in [0.1, 0.15) is 40.2 Å². The number of nitrogens with zero attached hydrogens (tertiary/aromatic N) is 1. The number of allylic oxidation sites excluding steroid dienone is 2. The van der Waals surface area contributed by atoms with E-state index < -0.39 is 0 Å². The molecule has 0 spiro atoms. The Bertz CT molecular complexity index is 1570. The second-order valence-electron chi connectivity index (χ2n) is 10.3. The van der Waals surface area contributed by atoms with E-state index in [0.29, 0.717) is 0 Å². The van der Waals surface area contributed by atoms with E-state index in [1.54, 1.807) is 0 Å². The maximum atomic E-state index is 10.0. The van der Waals surface area contributed by atoms with Gasteiger partial charge in [0.15, 0.2) is 11.4 Å². The van der Waals surface area contributed by atoms with Crippen LogP contribution < -0.4 is 0 Å². The predicted octanol–water partition coefficient (Wildman–Crippen LogP) is 8.96. The van der Waals surface area contributed by atoms with Crippen LogP contribution in [-0.2, 0) is 30.3 Å². The van der Waals surface area contributed by atoms with Crippen molar-refractivity contribution in [2.24, 2.45) is 0 Å². The molecule has 0 amide bonds. The van der Waals surface area contributed by atoms with E-state index >= 15 is 0 Å². The monoisotopic (exact) mass is 695 g/mol. The molecule has 0 saturated heterocycles. The zero-order valence-electron chi connectivity index (χ0n) is 22.8. The molecule has 2 heterocycles. The number of carbonyl (C=O) groups is 1. The fourth-order valence-corrected chi connectivity index (χ4v) is 4.07. The maximum absolute atomic E-state index is 10.0. The Morgan fingerprint density at radius 3 is 2.15 bits per heavy atom. The Morgan fingerprint density at radius 2 is 1.56 bits per heavy atom. The number of aliphatic hydroxyl groups is 1. The Morgan fingerprint density at radius 1 is 0.872 bits per heavy atom. The number of furan rings is 1. The summed E-state index contributed by atoms with van der Waals surface area (Å²) in [5.41, 5.74) is 8.34. The van der Waals surface area contributed by atoms with Crippen molar-refractivity contribution in [1.82, 2.24) is 4.98 Å². The molecule has 0 aliphatic heterocycles. The summed E-state index contributed by atoms with van der Waals surface area (Å²) in [6, 6.07) is 34.5. The molecule has 0 unspecified atom stereocenters. The molecule has 39 heavy (non-hydrogen) atoms. The number of benzene rings is 3.